The first-order valence-electron chi connectivity index (χ1n) is 7.99. The van der Waals surface area contributed by atoms with E-state index in [-0.39, 0.29) is 5.41 Å². The maximum absolute atomic E-state index is 12.2. The molecule has 1 N–H and O–H groups in total. The molecule has 0 unspecified atom stereocenters. The zero-order valence-corrected chi connectivity index (χ0v) is 15.1. The van der Waals surface area contributed by atoms with Gasteiger partial charge < -0.3 is 0 Å². The highest BCUT2D eigenvalue weighted by Crippen LogP contribution is 2.38. The Hall–Kier alpha value is -2.59. The molecule has 3 rings (SSSR count). The lowest BCUT2D eigenvalue weighted by molar-refractivity contribution is 0.590. The van der Waals surface area contributed by atoms with E-state index in [0.717, 1.165) is 16.7 Å². The first-order chi connectivity index (χ1) is 11.8. The Morgan fingerprint density at radius 2 is 1.68 bits per heavy atom. The minimum absolute atomic E-state index is 0.206. The van der Waals surface area contributed by atoms with Crippen LogP contribution < -0.4 is 11.2 Å². The van der Waals surface area contributed by atoms with E-state index in [9.17, 15) is 9.59 Å². The monoisotopic (exact) mass is 354 g/mol. The van der Waals surface area contributed by atoms with Gasteiger partial charge in [-0.15, -0.1) is 0 Å². The lowest BCUT2D eigenvalue weighted by Gasteiger charge is -2.24. The molecule has 0 fully saturated rings. The Morgan fingerprint density at radius 3 is 2.28 bits per heavy atom. The quantitative estimate of drug-likeness (QED) is 0.751. The summed E-state index contributed by atoms with van der Waals surface area (Å²) in [5.74, 6) is 0. The summed E-state index contributed by atoms with van der Waals surface area (Å²) in [6.07, 6.45) is 1.48. The fraction of sp³-hybridized carbons (Fsp3) is 0.200. The maximum Gasteiger partial charge on any atom is 0.332 e. The molecule has 0 saturated carbocycles. The van der Waals surface area contributed by atoms with Gasteiger partial charge in [0, 0.05) is 17.8 Å². The summed E-state index contributed by atoms with van der Waals surface area (Å²) in [5.41, 5.74) is 2.31. The van der Waals surface area contributed by atoms with Crippen molar-refractivity contribution in [1.82, 2.24) is 9.55 Å². The van der Waals surface area contributed by atoms with Gasteiger partial charge in [-0.25, -0.2) is 4.79 Å². The van der Waals surface area contributed by atoms with Gasteiger partial charge in [0.15, 0.2) is 0 Å². The number of nitrogens with one attached hydrogen (secondary N) is 1. The number of aromatic amines is 1. The second-order valence-electron chi connectivity index (χ2n) is 6.95. The average Bonchev–Trinajstić information content (AvgIpc) is 2.55. The van der Waals surface area contributed by atoms with Crippen LogP contribution in [0.25, 0.3) is 16.8 Å². The third-order valence-corrected chi connectivity index (χ3v) is 4.46. The summed E-state index contributed by atoms with van der Waals surface area (Å²) < 4.78 is 1.42. The van der Waals surface area contributed by atoms with Gasteiger partial charge in [-0.3, -0.25) is 14.3 Å². The van der Waals surface area contributed by atoms with E-state index in [0.29, 0.717) is 10.7 Å². The molecule has 1 heterocycles. The van der Waals surface area contributed by atoms with Crippen molar-refractivity contribution in [3.63, 3.8) is 0 Å². The number of benzene rings is 2. The van der Waals surface area contributed by atoms with E-state index in [4.69, 9.17) is 11.6 Å². The van der Waals surface area contributed by atoms with E-state index in [2.05, 4.69) is 25.8 Å². The van der Waals surface area contributed by atoms with E-state index in [1.807, 2.05) is 42.5 Å². The van der Waals surface area contributed by atoms with Crippen molar-refractivity contribution in [3.8, 4) is 16.8 Å². The third kappa shape index (κ3) is 3.44. The fourth-order valence-corrected chi connectivity index (χ4v) is 3.24. The molecule has 0 bridgehead atoms. The summed E-state index contributed by atoms with van der Waals surface area (Å²) in [6.45, 7) is 6.22. The number of rotatable bonds is 2. The average molecular weight is 355 g/mol. The normalized spacial score (nSPS) is 11.5. The molecule has 128 valence electrons. The molecule has 0 aliphatic rings. The molecule has 3 aromatic rings. The Labute approximate surface area is 150 Å². The van der Waals surface area contributed by atoms with Gasteiger partial charge in [0.25, 0.3) is 5.56 Å². The van der Waals surface area contributed by atoms with Gasteiger partial charge >= 0.3 is 5.69 Å². The summed E-state index contributed by atoms with van der Waals surface area (Å²) in [4.78, 5) is 25.8. The first kappa shape index (κ1) is 17.2. The Balaban J connectivity index is 2.34. The molecule has 0 saturated heterocycles. The van der Waals surface area contributed by atoms with Crippen molar-refractivity contribution in [3.05, 3.63) is 86.2 Å². The maximum atomic E-state index is 12.2. The van der Waals surface area contributed by atoms with Gasteiger partial charge in [0.05, 0.1) is 10.7 Å². The van der Waals surface area contributed by atoms with E-state index in [1.54, 1.807) is 0 Å². The third-order valence-electron chi connectivity index (χ3n) is 4.05. The lowest BCUT2D eigenvalue weighted by Crippen LogP contribution is -2.27. The van der Waals surface area contributed by atoms with Crippen LogP contribution in [0.3, 0.4) is 0 Å². The van der Waals surface area contributed by atoms with E-state index < -0.39 is 11.2 Å². The van der Waals surface area contributed by atoms with Gasteiger partial charge in [0.2, 0.25) is 0 Å². The molecule has 1 aromatic heterocycles. The standard InChI is InChI=1S/C20H19ClN2O2/c1-20(2,3)16-12-14(23-10-9-17(24)22-19(23)25)11-15(18(16)21)13-7-5-4-6-8-13/h4-12H,1-3H3,(H,22,24,25). The number of hydrogen-bond donors (Lipinski definition) is 1. The molecule has 25 heavy (non-hydrogen) atoms. The number of aromatic nitrogens is 2. The van der Waals surface area contributed by atoms with Crippen molar-refractivity contribution < 1.29 is 0 Å². The van der Waals surface area contributed by atoms with Crippen LogP contribution in [-0.2, 0) is 5.41 Å². The van der Waals surface area contributed by atoms with Crippen LogP contribution in [-0.4, -0.2) is 9.55 Å². The number of hydrogen-bond acceptors (Lipinski definition) is 2. The van der Waals surface area contributed by atoms with Crippen molar-refractivity contribution >= 4 is 11.6 Å². The molecule has 5 heteroatoms. The van der Waals surface area contributed by atoms with Crippen LogP contribution >= 0.6 is 11.6 Å². The molecule has 4 nitrogen and oxygen atoms in total. The van der Waals surface area contributed by atoms with Crippen LogP contribution in [0.15, 0.2) is 64.3 Å². The SMILES string of the molecule is CC(C)(C)c1cc(-n2ccc(=O)[nH]c2=O)cc(-c2ccccc2)c1Cl. The minimum atomic E-state index is -0.478. The van der Waals surface area contributed by atoms with E-state index >= 15 is 0 Å². The summed E-state index contributed by atoms with van der Waals surface area (Å²) in [6, 6.07) is 14.9. The summed E-state index contributed by atoms with van der Waals surface area (Å²) in [7, 11) is 0. The summed E-state index contributed by atoms with van der Waals surface area (Å²) >= 11 is 6.71. The Kier molecular flexibility index (Phi) is 4.39. The van der Waals surface area contributed by atoms with Crippen molar-refractivity contribution in [2.75, 3.05) is 0 Å². The highest BCUT2D eigenvalue weighted by atomic mass is 35.5. The van der Waals surface area contributed by atoms with Gasteiger partial charge in [0.1, 0.15) is 0 Å². The van der Waals surface area contributed by atoms with Gasteiger partial charge in [-0.2, -0.15) is 0 Å². The smallest absolute Gasteiger partial charge is 0.274 e. The largest absolute Gasteiger partial charge is 0.332 e. The predicted octanol–water partition coefficient (Wildman–Crippen LogP) is 4.14. The van der Waals surface area contributed by atoms with Crippen LogP contribution in [0.4, 0.5) is 0 Å². The highest BCUT2D eigenvalue weighted by Gasteiger charge is 2.22. The number of halogens is 1. The highest BCUT2D eigenvalue weighted by molar-refractivity contribution is 6.34. The molecule has 0 spiro atoms. The lowest BCUT2D eigenvalue weighted by atomic mass is 9.84. The van der Waals surface area contributed by atoms with Crippen LogP contribution in [0, 0.1) is 0 Å². The fourth-order valence-electron chi connectivity index (χ4n) is 2.74. The predicted molar refractivity (Wildman–Crippen MR) is 102 cm³/mol. The molecule has 0 radical (unpaired) electrons. The van der Waals surface area contributed by atoms with Crippen LogP contribution in [0.1, 0.15) is 26.3 Å². The summed E-state index contributed by atoms with van der Waals surface area (Å²) in [5, 5.41) is 0.667. The van der Waals surface area contributed by atoms with Gasteiger partial charge in [-0.1, -0.05) is 62.7 Å². The molecular formula is C20H19ClN2O2. The minimum Gasteiger partial charge on any atom is -0.274 e. The molecule has 0 amide bonds. The topological polar surface area (TPSA) is 54.9 Å². The van der Waals surface area contributed by atoms with Gasteiger partial charge in [-0.05, 0) is 28.7 Å². The number of H-pyrrole nitrogens is 1. The van der Waals surface area contributed by atoms with Crippen LogP contribution in [0.2, 0.25) is 5.02 Å². The first-order valence-corrected chi connectivity index (χ1v) is 8.37. The molecule has 2 aromatic carbocycles. The molecule has 0 atom stereocenters. The molecule has 0 aliphatic carbocycles. The second-order valence-corrected chi connectivity index (χ2v) is 7.33. The zero-order valence-electron chi connectivity index (χ0n) is 14.3. The zero-order chi connectivity index (χ0) is 18.2. The Morgan fingerprint density at radius 1 is 1.00 bits per heavy atom. The van der Waals surface area contributed by atoms with Crippen molar-refractivity contribution in [2.45, 2.75) is 26.2 Å². The van der Waals surface area contributed by atoms with Crippen LogP contribution in [0.5, 0.6) is 0 Å². The number of nitrogens with zero attached hydrogens (tertiary/aromatic N) is 1. The second kappa shape index (κ2) is 6.37. The Bertz CT molecular complexity index is 1030. The molecular weight excluding hydrogens is 336 g/mol. The molecule has 0 aliphatic heterocycles. The van der Waals surface area contributed by atoms with E-state index in [1.165, 1.54) is 16.8 Å². The van der Waals surface area contributed by atoms with Crippen molar-refractivity contribution in [2.24, 2.45) is 0 Å². The van der Waals surface area contributed by atoms with Crippen molar-refractivity contribution in [1.29, 1.82) is 0 Å².